The van der Waals surface area contributed by atoms with E-state index in [1.54, 1.807) is 24.4 Å². The number of hydrogen-bond acceptors (Lipinski definition) is 6. The van der Waals surface area contributed by atoms with Gasteiger partial charge in [0.1, 0.15) is 19.0 Å². The Kier molecular flexibility index (Phi) is 4.97. The van der Waals surface area contributed by atoms with Gasteiger partial charge in [-0.05, 0) is 31.0 Å². The Bertz CT molecular complexity index is 790. The van der Waals surface area contributed by atoms with E-state index in [4.69, 9.17) is 14.2 Å². The summed E-state index contributed by atoms with van der Waals surface area (Å²) >= 11 is 0. The Morgan fingerprint density at radius 1 is 1.19 bits per heavy atom. The van der Waals surface area contributed by atoms with Crippen molar-refractivity contribution in [1.29, 1.82) is 0 Å². The monoisotopic (exact) mass is 355 g/mol. The van der Waals surface area contributed by atoms with Gasteiger partial charge in [0, 0.05) is 18.7 Å². The summed E-state index contributed by atoms with van der Waals surface area (Å²) in [6, 6.07) is 7.13. The lowest BCUT2D eigenvalue weighted by Crippen LogP contribution is -2.26. The van der Waals surface area contributed by atoms with Gasteiger partial charge in [-0.3, -0.25) is 4.79 Å². The van der Waals surface area contributed by atoms with E-state index in [-0.39, 0.29) is 11.8 Å². The molecule has 1 unspecified atom stereocenters. The van der Waals surface area contributed by atoms with E-state index in [1.165, 1.54) is 0 Å². The first-order chi connectivity index (χ1) is 12.8. The van der Waals surface area contributed by atoms with Crippen LogP contribution in [0, 0.1) is 0 Å². The number of ether oxygens (including phenoxy) is 3. The minimum Gasteiger partial charge on any atom is -0.486 e. The van der Waals surface area contributed by atoms with Gasteiger partial charge in [0.2, 0.25) is 0 Å². The van der Waals surface area contributed by atoms with Crippen LogP contribution in [0.4, 0.5) is 0 Å². The number of aromatic nitrogens is 2. The molecule has 136 valence electrons. The first-order valence-electron chi connectivity index (χ1n) is 8.87. The lowest BCUT2D eigenvalue weighted by atomic mass is 10.0. The second kappa shape index (κ2) is 7.70. The van der Waals surface area contributed by atoms with E-state index in [0.29, 0.717) is 43.4 Å². The van der Waals surface area contributed by atoms with Crippen LogP contribution < -0.4 is 14.8 Å². The average Bonchev–Trinajstić information content (AvgIpc) is 2.72. The molecule has 2 aliphatic heterocycles. The van der Waals surface area contributed by atoms with E-state index in [0.717, 1.165) is 31.0 Å². The zero-order valence-electron chi connectivity index (χ0n) is 14.4. The zero-order chi connectivity index (χ0) is 17.8. The van der Waals surface area contributed by atoms with Gasteiger partial charge in [0.25, 0.3) is 5.91 Å². The van der Waals surface area contributed by atoms with Crippen LogP contribution in [0.5, 0.6) is 11.5 Å². The summed E-state index contributed by atoms with van der Waals surface area (Å²) in [5.74, 6) is 1.90. The molecule has 3 heterocycles. The molecular formula is C19H21N3O4. The van der Waals surface area contributed by atoms with Gasteiger partial charge in [-0.25, -0.2) is 9.97 Å². The molecule has 2 aromatic rings. The van der Waals surface area contributed by atoms with Gasteiger partial charge >= 0.3 is 0 Å². The van der Waals surface area contributed by atoms with Gasteiger partial charge in [0.15, 0.2) is 11.5 Å². The number of rotatable bonds is 4. The molecule has 7 heteroatoms. The number of carbonyl (C=O) groups is 1. The van der Waals surface area contributed by atoms with E-state index in [2.05, 4.69) is 15.3 Å². The Morgan fingerprint density at radius 3 is 3.00 bits per heavy atom. The maximum atomic E-state index is 12.6. The van der Waals surface area contributed by atoms with Gasteiger partial charge in [-0.2, -0.15) is 0 Å². The van der Waals surface area contributed by atoms with Crippen molar-refractivity contribution in [3.63, 3.8) is 0 Å². The molecule has 1 N–H and O–H groups in total. The quantitative estimate of drug-likeness (QED) is 0.904. The topological polar surface area (TPSA) is 82.6 Å². The second-order valence-corrected chi connectivity index (χ2v) is 6.33. The van der Waals surface area contributed by atoms with Crippen LogP contribution in [0.3, 0.4) is 0 Å². The van der Waals surface area contributed by atoms with Gasteiger partial charge in [0.05, 0.1) is 24.4 Å². The van der Waals surface area contributed by atoms with Crippen molar-refractivity contribution >= 4 is 5.91 Å². The molecule has 1 saturated heterocycles. The highest BCUT2D eigenvalue weighted by atomic mass is 16.6. The van der Waals surface area contributed by atoms with Crippen molar-refractivity contribution in [1.82, 2.24) is 15.3 Å². The van der Waals surface area contributed by atoms with Crippen LogP contribution in [0.15, 0.2) is 30.5 Å². The molecule has 4 rings (SSSR count). The van der Waals surface area contributed by atoms with Crippen molar-refractivity contribution < 1.29 is 19.0 Å². The molecule has 0 radical (unpaired) electrons. The number of fused-ring (bicyclic) bond motifs is 1. The largest absolute Gasteiger partial charge is 0.486 e. The lowest BCUT2D eigenvalue weighted by Gasteiger charge is -2.21. The zero-order valence-corrected chi connectivity index (χ0v) is 14.4. The molecule has 1 atom stereocenters. The van der Waals surface area contributed by atoms with E-state index >= 15 is 0 Å². The lowest BCUT2D eigenvalue weighted by molar-refractivity contribution is 0.0779. The number of para-hydroxylation sites is 1. The third-order valence-electron chi connectivity index (χ3n) is 4.50. The summed E-state index contributed by atoms with van der Waals surface area (Å²) < 4.78 is 16.6. The fourth-order valence-corrected chi connectivity index (χ4v) is 3.17. The summed E-state index contributed by atoms with van der Waals surface area (Å²) in [7, 11) is 0. The van der Waals surface area contributed by atoms with Crippen molar-refractivity contribution in [2.75, 3.05) is 26.4 Å². The summed E-state index contributed by atoms with van der Waals surface area (Å²) in [5, 5.41) is 2.90. The van der Waals surface area contributed by atoms with Gasteiger partial charge < -0.3 is 19.5 Å². The van der Waals surface area contributed by atoms with Crippen molar-refractivity contribution in [2.45, 2.75) is 25.3 Å². The molecular weight excluding hydrogens is 334 g/mol. The van der Waals surface area contributed by atoms with Crippen molar-refractivity contribution in [3.8, 4) is 11.5 Å². The van der Waals surface area contributed by atoms with E-state index in [9.17, 15) is 4.79 Å². The normalized spacial score (nSPS) is 19.0. The van der Waals surface area contributed by atoms with Crippen LogP contribution in [0.25, 0.3) is 0 Å². The minimum absolute atomic E-state index is 0.214. The average molecular weight is 355 g/mol. The summed E-state index contributed by atoms with van der Waals surface area (Å²) in [6.07, 6.45) is 3.79. The van der Waals surface area contributed by atoms with Crippen LogP contribution in [0.1, 0.15) is 40.6 Å². The predicted octanol–water partition coefficient (Wildman–Crippen LogP) is 2.07. The molecule has 1 fully saturated rings. The van der Waals surface area contributed by atoms with Crippen LogP contribution >= 0.6 is 0 Å². The molecule has 1 aromatic carbocycles. The molecule has 1 amide bonds. The van der Waals surface area contributed by atoms with Crippen LogP contribution in [-0.4, -0.2) is 42.3 Å². The predicted molar refractivity (Wildman–Crippen MR) is 93.4 cm³/mol. The summed E-state index contributed by atoms with van der Waals surface area (Å²) in [5.41, 5.74) is 1.24. The van der Waals surface area contributed by atoms with Crippen molar-refractivity contribution in [2.24, 2.45) is 0 Å². The highest BCUT2D eigenvalue weighted by Crippen LogP contribution is 2.33. The minimum atomic E-state index is -0.214. The molecule has 0 saturated carbocycles. The Hall–Kier alpha value is -2.67. The summed E-state index contributed by atoms with van der Waals surface area (Å²) in [6.45, 7) is 2.72. The van der Waals surface area contributed by atoms with Crippen LogP contribution in [-0.2, 0) is 11.3 Å². The highest BCUT2D eigenvalue weighted by molar-refractivity contribution is 5.97. The molecule has 0 spiro atoms. The molecule has 2 aliphatic rings. The third-order valence-corrected chi connectivity index (χ3v) is 4.50. The number of carbonyl (C=O) groups excluding carboxylic acids is 1. The highest BCUT2D eigenvalue weighted by Gasteiger charge is 2.21. The number of nitrogens with zero attached hydrogens (tertiary/aromatic N) is 2. The van der Waals surface area contributed by atoms with Gasteiger partial charge in [-0.15, -0.1) is 0 Å². The summed E-state index contributed by atoms with van der Waals surface area (Å²) in [4.78, 5) is 21.5. The van der Waals surface area contributed by atoms with Crippen LogP contribution in [0.2, 0.25) is 0 Å². The first kappa shape index (κ1) is 16.8. The second-order valence-electron chi connectivity index (χ2n) is 6.33. The Morgan fingerprint density at radius 2 is 2.12 bits per heavy atom. The smallest absolute Gasteiger partial charge is 0.255 e. The first-order valence-corrected chi connectivity index (χ1v) is 8.87. The SMILES string of the molecule is O=C(NCc1ccnc(C2CCCOC2)n1)c1cccc2c1OCCO2. The molecule has 26 heavy (non-hydrogen) atoms. The maximum absolute atomic E-state index is 12.6. The van der Waals surface area contributed by atoms with E-state index < -0.39 is 0 Å². The Balaban J connectivity index is 1.43. The molecule has 0 aliphatic carbocycles. The maximum Gasteiger partial charge on any atom is 0.255 e. The number of benzene rings is 1. The molecule has 0 bridgehead atoms. The third kappa shape index (κ3) is 3.62. The standard InChI is InChI=1S/C19H21N3O4/c23-19(15-4-1-5-16-17(15)26-10-9-25-16)21-11-14-6-7-20-18(22-14)13-3-2-8-24-12-13/h1,4-7,13H,2-3,8-12H2,(H,21,23). The number of hydrogen-bond donors (Lipinski definition) is 1. The Labute approximate surface area is 151 Å². The fourth-order valence-electron chi connectivity index (χ4n) is 3.17. The fraction of sp³-hybridized carbons (Fsp3) is 0.421. The van der Waals surface area contributed by atoms with Gasteiger partial charge in [-0.1, -0.05) is 6.07 Å². The molecule has 7 nitrogen and oxygen atoms in total. The number of nitrogens with one attached hydrogen (secondary N) is 1. The molecule has 1 aromatic heterocycles. The van der Waals surface area contributed by atoms with E-state index in [1.807, 2.05) is 6.07 Å². The number of amides is 1. The van der Waals surface area contributed by atoms with Crippen molar-refractivity contribution in [3.05, 3.63) is 47.5 Å².